The SMILES string of the molecule is [c]1ncc2c[nH]nc2n1. The van der Waals surface area contributed by atoms with Crippen molar-refractivity contribution in [2.45, 2.75) is 0 Å². The van der Waals surface area contributed by atoms with E-state index in [1.807, 2.05) is 0 Å². The Morgan fingerprint density at radius 2 is 2.56 bits per heavy atom. The molecule has 2 heterocycles. The van der Waals surface area contributed by atoms with Crippen LogP contribution >= 0.6 is 0 Å². The summed E-state index contributed by atoms with van der Waals surface area (Å²) < 4.78 is 0. The van der Waals surface area contributed by atoms with Crippen molar-refractivity contribution in [1.29, 1.82) is 0 Å². The van der Waals surface area contributed by atoms with Gasteiger partial charge in [0, 0.05) is 12.4 Å². The average molecular weight is 119 g/mol. The minimum absolute atomic E-state index is 0.657. The third-order valence-electron chi connectivity index (χ3n) is 1.07. The molecule has 0 aliphatic carbocycles. The molecule has 0 aliphatic heterocycles. The van der Waals surface area contributed by atoms with E-state index in [1.165, 1.54) is 0 Å². The van der Waals surface area contributed by atoms with Crippen LogP contribution < -0.4 is 0 Å². The number of hydrogen-bond acceptors (Lipinski definition) is 3. The fourth-order valence-corrected chi connectivity index (χ4v) is 0.651. The van der Waals surface area contributed by atoms with Gasteiger partial charge in [-0.3, -0.25) is 5.10 Å². The molecule has 0 atom stereocenters. The Kier molecular flexibility index (Phi) is 0.745. The Labute approximate surface area is 50.9 Å². The summed E-state index contributed by atoms with van der Waals surface area (Å²) in [5, 5.41) is 7.39. The summed E-state index contributed by atoms with van der Waals surface area (Å²) in [6, 6.07) is 0. The normalized spacial score (nSPS) is 10.2. The Morgan fingerprint density at radius 3 is 3.44 bits per heavy atom. The van der Waals surface area contributed by atoms with Crippen LogP contribution in [0.15, 0.2) is 12.4 Å². The molecule has 0 fully saturated rings. The van der Waals surface area contributed by atoms with Gasteiger partial charge in [-0.25, -0.2) is 9.97 Å². The number of aromatic amines is 1. The number of nitrogens with one attached hydrogen (secondary N) is 1. The zero-order chi connectivity index (χ0) is 6.10. The maximum atomic E-state index is 3.81. The molecule has 0 aliphatic rings. The van der Waals surface area contributed by atoms with E-state index in [2.05, 4.69) is 26.5 Å². The summed E-state index contributed by atoms with van der Waals surface area (Å²) in [5.74, 6) is 0. The van der Waals surface area contributed by atoms with Crippen molar-refractivity contribution in [2.75, 3.05) is 0 Å². The predicted molar refractivity (Wildman–Crippen MR) is 30.5 cm³/mol. The van der Waals surface area contributed by atoms with E-state index < -0.39 is 0 Å². The molecular formula is C5H3N4. The van der Waals surface area contributed by atoms with Gasteiger partial charge in [-0.1, -0.05) is 0 Å². The smallest absolute Gasteiger partial charge is 0.199 e. The zero-order valence-electron chi connectivity index (χ0n) is 4.50. The van der Waals surface area contributed by atoms with Crippen LogP contribution in [-0.4, -0.2) is 20.2 Å². The summed E-state index contributed by atoms with van der Waals surface area (Å²) in [4.78, 5) is 7.45. The second-order valence-corrected chi connectivity index (χ2v) is 1.63. The Bertz CT molecular complexity index is 283. The third kappa shape index (κ3) is 0.561. The Morgan fingerprint density at radius 1 is 1.56 bits per heavy atom. The average Bonchev–Trinajstić information content (AvgIpc) is 2.33. The molecule has 4 heteroatoms. The maximum Gasteiger partial charge on any atom is 0.199 e. The van der Waals surface area contributed by atoms with E-state index in [9.17, 15) is 0 Å². The van der Waals surface area contributed by atoms with Crippen molar-refractivity contribution in [1.82, 2.24) is 20.2 Å². The van der Waals surface area contributed by atoms with E-state index >= 15 is 0 Å². The summed E-state index contributed by atoms with van der Waals surface area (Å²) in [5.41, 5.74) is 0.657. The fourth-order valence-electron chi connectivity index (χ4n) is 0.651. The van der Waals surface area contributed by atoms with Gasteiger partial charge in [-0.15, -0.1) is 0 Å². The van der Waals surface area contributed by atoms with E-state index in [4.69, 9.17) is 0 Å². The third-order valence-corrected chi connectivity index (χ3v) is 1.07. The maximum absolute atomic E-state index is 3.81. The van der Waals surface area contributed by atoms with Crippen LogP contribution in [0.3, 0.4) is 0 Å². The summed E-state index contributed by atoms with van der Waals surface area (Å²) >= 11 is 0. The molecule has 0 saturated heterocycles. The van der Waals surface area contributed by atoms with Gasteiger partial charge in [0.05, 0.1) is 5.39 Å². The van der Waals surface area contributed by atoms with E-state index in [0.717, 1.165) is 5.39 Å². The van der Waals surface area contributed by atoms with Crippen LogP contribution in [0.4, 0.5) is 0 Å². The van der Waals surface area contributed by atoms with Crippen molar-refractivity contribution in [3.8, 4) is 0 Å². The highest BCUT2D eigenvalue weighted by Crippen LogP contribution is 2.00. The highest BCUT2D eigenvalue weighted by atomic mass is 15.1. The monoisotopic (exact) mass is 119 g/mol. The lowest BCUT2D eigenvalue weighted by Crippen LogP contribution is -1.76. The molecule has 0 saturated carbocycles. The van der Waals surface area contributed by atoms with Gasteiger partial charge >= 0.3 is 0 Å². The lowest BCUT2D eigenvalue weighted by atomic mass is 10.5. The van der Waals surface area contributed by atoms with Crippen LogP contribution in [0.25, 0.3) is 11.0 Å². The molecule has 1 N–H and O–H groups in total. The predicted octanol–water partition coefficient (Wildman–Crippen LogP) is 0.153. The molecule has 4 nitrogen and oxygen atoms in total. The van der Waals surface area contributed by atoms with Crippen LogP contribution in [0, 0.1) is 6.33 Å². The number of rotatable bonds is 0. The first-order chi connectivity index (χ1) is 4.47. The van der Waals surface area contributed by atoms with Crippen molar-refractivity contribution < 1.29 is 0 Å². The lowest BCUT2D eigenvalue weighted by Gasteiger charge is -1.77. The molecule has 2 aromatic rings. The van der Waals surface area contributed by atoms with E-state index in [0.29, 0.717) is 5.65 Å². The summed E-state index contributed by atoms with van der Waals surface area (Å²) in [7, 11) is 0. The lowest BCUT2D eigenvalue weighted by molar-refractivity contribution is 1.08. The molecule has 0 aromatic carbocycles. The standard InChI is InChI=1S/C5H3N4/c1-4-2-8-9-5(4)7-3-6-1/h1-2H,(H,6,7,8,9). The molecule has 0 unspecified atom stereocenters. The topological polar surface area (TPSA) is 54.5 Å². The number of fused-ring (bicyclic) bond motifs is 1. The first-order valence-corrected chi connectivity index (χ1v) is 2.49. The van der Waals surface area contributed by atoms with Crippen molar-refractivity contribution in [3.05, 3.63) is 18.7 Å². The highest BCUT2D eigenvalue weighted by molar-refractivity contribution is 5.71. The van der Waals surface area contributed by atoms with Crippen LogP contribution in [0.1, 0.15) is 0 Å². The van der Waals surface area contributed by atoms with Crippen molar-refractivity contribution in [2.24, 2.45) is 0 Å². The van der Waals surface area contributed by atoms with Crippen LogP contribution in [0.5, 0.6) is 0 Å². The van der Waals surface area contributed by atoms with Crippen LogP contribution in [0.2, 0.25) is 0 Å². The second kappa shape index (κ2) is 1.51. The summed E-state index contributed by atoms with van der Waals surface area (Å²) in [6.45, 7) is 0. The molecule has 2 aromatic heterocycles. The molecular weight excluding hydrogens is 116 g/mol. The van der Waals surface area contributed by atoms with Crippen molar-refractivity contribution >= 4 is 11.0 Å². The molecule has 0 amide bonds. The second-order valence-electron chi connectivity index (χ2n) is 1.63. The van der Waals surface area contributed by atoms with Gasteiger partial charge in [0.2, 0.25) is 0 Å². The Balaban J connectivity index is 2.95. The van der Waals surface area contributed by atoms with Gasteiger partial charge in [0.15, 0.2) is 12.0 Å². The number of nitrogens with zero attached hydrogens (tertiary/aromatic N) is 3. The molecule has 0 spiro atoms. The van der Waals surface area contributed by atoms with Gasteiger partial charge in [-0.05, 0) is 0 Å². The largest absolute Gasteiger partial charge is 0.283 e. The molecule has 43 valence electrons. The van der Waals surface area contributed by atoms with E-state index in [-0.39, 0.29) is 0 Å². The van der Waals surface area contributed by atoms with E-state index in [1.54, 1.807) is 12.4 Å². The minimum atomic E-state index is 0.657. The highest BCUT2D eigenvalue weighted by Gasteiger charge is 1.92. The van der Waals surface area contributed by atoms with Gasteiger partial charge in [0.25, 0.3) is 0 Å². The van der Waals surface area contributed by atoms with Gasteiger partial charge in [-0.2, -0.15) is 5.10 Å². The van der Waals surface area contributed by atoms with Gasteiger partial charge < -0.3 is 0 Å². The number of H-pyrrole nitrogens is 1. The van der Waals surface area contributed by atoms with Gasteiger partial charge in [0.1, 0.15) is 0 Å². The first-order valence-electron chi connectivity index (χ1n) is 2.49. The molecule has 2 rings (SSSR count). The van der Waals surface area contributed by atoms with Crippen LogP contribution in [-0.2, 0) is 0 Å². The molecule has 1 radical (unpaired) electrons. The fraction of sp³-hybridized carbons (Fsp3) is 0. The summed E-state index contributed by atoms with van der Waals surface area (Å²) in [6.07, 6.45) is 5.84. The number of aromatic nitrogens is 4. The first kappa shape index (κ1) is 4.43. The van der Waals surface area contributed by atoms with Crippen molar-refractivity contribution in [3.63, 3.8) is 0 Å². The Hall–Kier alpha value is -1.45. The minimum Gasteiger partial charge on any atom is -0.283 e. The molecule has 0 bridgehead atoms. The molecule has 9 heavy (non-hydrogen) atoms. The zero-order valence-corrected chi connectivity index (χ0v) is 4.50. The quantitative estimate of drug-likeness (QED) is 0.537. The number of hydrogen-bond donors (Lipinski definition) is 1.